The molecule has 0 radical (unpaired) electrons. The Morgan fingerprint density at radius 1 is 1.32 bits per heavy atom. The van der Waals surface area contributed by atoms with Crippen molar-refractivity contribution in [2.75, 3.05) is 6.54 Å². The number of urea groups is 1. The van der Waals surface area contributed by atoms with Crippen molar-refractivity contribution < 1.29 is 19.5 Å². The van der Waals surface area contributed by atoms with Crippen LogP contribution in [0.4, 0.5) is 4.79 Å². The molecule has 1 unspecified atom stereocenters. The quantitative estimate of drug-likeness (QED) is 0.522. The fourth-order valence-corrected chi connectivity index (χ4v) is 1.99. The van der Waals surface area contributed by atoms with Crippen molar-refractivity contribution >= 4 is 17.9 Å². The summed E-state index contributed by atoms with van der Waals surface area (Å²) in [6.07, 6.45) is 1.71. The average molecular weight is 271 g/mol. The Morgan fingerprint density at radius 2 is 1.89 bits per heavy atom. The number of carbonyl (C=O) groups is 3. The number of nitrogens with two attached hydrogens (primary N) is 1. The molecular weight excluding hydrogens is 250 g/mol. The molecule has 1 aliphatic rings. The molecule has 1 fully saturated rings. The van der Waals surface area contributed by atoms with Gasteiger partial charge in [-0.1, -0.05) is 13.8 Å². The monoisotopic (exact) mass is 271 g/mol. The summed E-state index contributed by atoms with van der Waals surface area (Å²) in [6.45, 7) is 4.71. The van der Waals surface area contributed by atoms with Crippen LogP contribution in [0.3, 0.4) is 0 Å². The molecule has 7 nitrogen and oxygen atoms in total. The summed E-state index contributed by atoms with van der Waals surface area (Å²) in [5, 5.41) is 13.7. The average Bonchev–Trinajstić information content (AvgIpc) is 3.05. The van der Waals surface area contributed by atoms with Crippen LogP contribution in [0.25, 0.3) is 0 Å². The molecule has 1 rings (SSSR count). The molecule has 0 bridgehead atoms. The highest BCUT2D eigenvalue weighted by molar-refractivity contribution is 5.87. The van der Waals surface area contributed by atoms with Gasteiger partial charge in [-0.2, -0.15) is 0 Å². The molecule has 0 heterocycles. The van der Waals surface area contributed by atoms with Crippen LogP contribution in [0.5, 0.6) is 0 Å². The fraction of sp³-hybridized carbons (Fsp3) is 0.750. The van der Waals surface area contributed by atoms with Gasteiger partial charge in [0.15, 0.2) is 0 Å². The number of rotatable bonds is 7. The molecule has 0 aliphatic heterocycles. The lowest BCUT2D eigenvalue weighted by molar-refractivity contribution is -0.140. The maximum atomic E-state index is 11.6. The van der Waals surface area contributed by atoms with Crippen LogP contribution < -0.4 is 16.4 Å². The normalized spacial score (nSPS) is 17.6. The third kappa shape index (κ3) is 4.42. The second-order valence-corrected chi connectivity index (χ2v) is 5.41. The first-order valence-corrected chi connectivity index (χ1v) is 6.32. The van der Waals surface area contributed by atoms with Crippen molar-refractivity contribution in [2.24, 2.45) is 17.1 Å². The van der Waals surface area contributed by atoms with Crippen molar-refractivity contribution in [1.82, 2.24) is 10.6 Å². The van der Waals surface area contributed by atoms with Gasteiger partial charge in [0.2, 0.25) is 5.91 Å². The molecule has 7 heteroatoms. The second-order valence-electron chi connectivity index (χ2n) is 5.41. The largest absolute Gasteiger partial charge is 0.480 e. The number of primary amides is 1. The zero-order valence-electron chi connectivity index (χ0n) is 11.2. The van der Waals surface area contributed by atoms with Gasteiger partial charge in [-0.15, -0.1) is 0 Å². The van der Waals surface area contributed by atoms with Gasteiger partial charge in [-0.3, -0.25) is 4.79 Å². The topological polar surface area (TPSA) is 122 Å². The summed E-state index contributed by atoms with van der Waals surface area (Å²) in [4.78, 5) is 33.1. The van der Waals surface area contributed by atoms with E-state index in [-0.39, 0.29) is 5.41 Å². The van der Waals surface area contributed by atoms with Gasteiger partial charge in [-0.25, -0.2) is 9.59 Å². The van der Waals surface area contributed by atoms with E-state index in [0.29, 0.717) is 12.5 Å². The molecule has 1 saturated carbocycles. The summed E-state index contributed by atoms with van der Waals surface area (Å²) in [6, 6.07) is -1.87. The highest BCUT2D eigenvalue weighted by atomic mass is 16.4. The van der Waals surface area contributed by atoms with Gasteiger partial charge >= 0.3 is 12.0 Å². The van der Waals surface area contributed by atoms with Gasteiger partial charge in [0.1, 0.15) is 6.04 Å². The van der Waals surface area contributed by atoms with Crippen molar-refractivity contribution in [3.8, 4) is 0 Å². The van der Waals surface area contributed by atoms with Crippen molar-refractivity contribution in [3.05, 3.63) is 0 Å². The predicted molar refractivity (Wildman–Crippen MR) is 68.3 cm³/mol. The van der Waals surface area contributed by atoms with Crippen LogP contribution in [0.2, 0.25) is 0 Å². The summed E-state index contributed by atoms with van der Waals surface area (Å²) in [7, 11) is 0. The number of hydrogen-bond donors (Lipinski definition) is 4. The van der Waals surface area contributed by atoms with Crippen molar-refractivity contribution in [2.45, 2.75) is 39.2 Å². The minimum absolute atomic E-state index is 0.139. The van der Waals surface area contributed by atoms with Crippen LogP contribution in [-0.2, 0) is 9.59 Å². The van der Waals surface area contributed by atoms with Gasteiger partial charge in [0.05, 0.1) is 6.42 Å². The van der Waals surface area contributed by atoms with E-state index in [2.05, 4.69) is 24.5 Å². The number of aliphatic carboxylic acids is 1. The zero-order valence-corrected chi connectivity index (χ0v) is 11.2. The summed E-state index contributed by atoms with van der Waals surface area (Å²) in [5.74, 6) is -1.58. The first-order chi connectivity index (χ1) is 8.77. The Labute approximate surface area is 111 Å². The van der Waals surface area contributed by atoms with Gasteiger partial charge in [0, 0.05) is 6.54 Å². The van der Waals surface area contributed by atoms with Crippen molar-refractivity contribution in [1.29, 1.82) is 0 Å². The minimum atomic E-state index is -1.29. The maximum Gasteiger partial charge on any atom is 0.326 e. The van der Waals surface area contributed by atoms with Gasteiger partial charge in [-0.05, 0) is 24.2 Å². The lowest BCUT2D eigenvalue weighted by atomic mass is 9.92. The number of carbonyl (C=O) groups excluding carboxylic acids is 2. The van der Waals surface area contributed by atoms with E-state index in [1.807, 2.05) is 0 Å². The molecule has 0 aromatic rings. The Kier molecular flexibility index (Phi) is 4.74. The third-order valence-corrected chi connectivity index (χ3v) is 3.73. The molecule has 19 heavy (non-hydrogen) atoms. The Hall–Kier alpha value is -1.79. The van der Waals surface area contributed by atoms with E-state index >= 15 is 0 Å². The van der Waals surface area contributed by atoms with Crippen molar-refractivity contribution in [3.63, 3.8) is 0 Å². The minimum Gasteiger partial charge on any atom is -0.480 e. The van der Waals surface area contributed by atoms with Crippen LogP contribution >= 0.6 is 0 Å². The zero-order chi connectivity index (χ0) is 14.6. The molecule has 0 aromatic heterocycles. The summed E-state index contributed by atoms with van der Waals surface area (Å²) in [5.41, 5.74) is 5.06. The van der Waals surface area contributed by atoms with E-state index in [1.165, 1.54) is 0 Å². The first-order valence-electron chi connectivity index (χ1n) is 6.32. The first kappa shape index (κ1) is 15.3. The highest BCUT2D eigenvalue weighted by Crippen LogP contribution is 2.51. The number of carboxylic acids is 1. The van der Waals surface area contributed by atoms with E-state index < -0.39 is 30.4 Å². The highest BCUT2D eigenvalue weighted by Gasteiger charge is 2.45. The van der Waals surface area contributed by atoms with Crippen LogP contribution in [-0.4, -0.2) is 35.6 Å². The van der Waals surface area contributed by atoms with Crippen LogP contribution in [0.1, 0.15) is 33.1 Å². The Morgan fingerprint density at radius 3 is 2.26 bits per heavy atom. The standard InChI is InChI=1S/C12H21N3O4/c1-7(2)12(3-4-12)6-14-11(19)15-8(10(17)18)5-9(13)16/h7-8H,3-6H2,1-2H3,(H2,13,16)(H,17,18)(H2,14,15,19). The molecule has 0 saturated heterocycles. The molecule has 1 aliphatic carbocycles. The summed E-state index contributed by atoms with van der Waals surface area (Å²) >= 11 is 0. The number of nitrogens with one attached hydrogen (secondary N) is 2. The fourth-order valence-electron chi connectivity index (χ4n) is 1.99. The van der Waals surface area contributed by atoms with Crippen LogP contribution in [0.15, 0.2) is 0 Å². The SMILES string of the molecule is CC(C)C1(CNC(=O)NC(CC(N)=O)C(=O)O)CC1. The molecule has 1 atom stereocenters. The third-order valence-electron chi connectivity index (χ3n) is 3.73. The molecule has 3 amide bonds. The lowest BCUT2D eigenvalue weighted by Gasteiger charge is -2.21. The Balaban J connectivity index is 2.41. The van der Waals surface area contributed by atoms with E-state index in [4.69, 9.17) is 10.8 Å². The second kappa shape index (κ2) is 5.90. The lowest BCUT2D eigenvalue weighted by Crippen LogP contribution is -2.49. The van der Waals surface area contributed by atoms with E-state index in [9.17, 15) is 14.4 Å². The van der Waals surface area contributed by atoms with E-state index in [0.717, 1.165) is 12.8 Å². The van der Waals surface area contributed by atoms with Crippen LogP contribution in [0, 0.1) is 11.3 Å². The molecular formula is C12H21N3O4. The molecule has 0 spiro atoms. The number of carboxylic acid groups (broad SMARTS) is 1. The van der Waals surface area contributed by atoms with E-state index in [1.54, 1.807) is 0 Å². The van der Waals surface area contributed by atoms with Gasteiger partial charge in [0.25, 0.3) is 0 Å². The molecule has 0 aromatic carbocycles. The molecule has 108 valence electrons. The number of hydrogen-bond acceptors (Lipinski definition) is 3. The predicted octanol–water partition coefficient (Wildman–Crippen LogP) is 0.0504. The smallest absolute Gasteiger partial charge is 0.326 e. The summed E-state index contributed by atoms with van der Waals surface area (Å²) < 4.78 is 0. The van der Waals surface area contributed by atoms with Gasteiger partial charge < -0.3 is 21.5 Å². The number of amides is 3. The molecule has 5 N–H and O–H groups in total. The Bertz CT molecular complexity index is 377. The maximum absolute atomic E-state index is 11.6.